The quantitative estimate of drug-likeness (QED) is 0.877. The Morgan fingerprint density at radius 2 is 2.33 bits per heavy atom. The molecule has 1 aromatic rings. The summed E-state index contributed by atoms with van der Waals surface area (Å²) in [6.45, 7) is 6.43. The normalized spacial score (nSPS) is 20.9. The van der Waals surface area contributed by atoms with E-state index in [4.69, 9.17) is 11.6 Å². The van der Waals surface area contributed by atoms with Crippen LogP contribution >= 0.6 is 11.6 Å². The van der Waals surface area contributed by atoms with Gasteiger partial charge in [0.25, 0.3) is 0 Å². The molecule has 1 aromatic carbocycles. The minimum atomic E-state index is 0.638. The van der Waals surface area contributed by atoms with Crippen LogP contribution in [0.1, 0.15) is 12.0 Å². The van der Waals surface area contributed by atoms with Crippen molar-refractivity contribution in [3.8, 4) is 0 Å². The average Bonchev–Trinajstić information content (AvgIpc) is 2.34. The predicted molar refractivity (Wildman–Crippen MR) is 78.6 cm³/mol. The summed E-state index contributed by atoms with van der Waals surface area (Å²) < 4.78 is 0. The number of nitrogens with zero attached hydrogens (tertiary/aromatic N) is 1. The molecule has 1 heterocycles. The molecular weight excluding hydrogens is 246 g/mol. The highest BCUT2D eigenvalue weighted by Crippen LogP contribution is 2.19. The van der Waals surface area contributed by atoms with E-state index >= 15 is 0 Å². The number of hydrogen-bond acceptors (Lipinski definition) is 3. The first-order valence-corrected chi connectivity index (χ1v) is 6.95. The Labute approximate surface area is 115 Å². The predicted octanol–water partition coefficient (Wildman–Crippen LogP) is 2.35. The molecule has 0 bridgehead atoms. The molecule has 1 fully saturated rings. The van der Waals surface area contributed by atoms with Gasteiger partial charge in [-0.05, 0) is 44.2 Å². The third-order valence-electron chi connectivity index (χ3n) is 3.63. The van der Waals surface area contributed by atoms with Gasteiger partial charge in [-0.25, -0.2) is 0 Å². The van der Waals surface area contributed by atoms with Gasteiger partial charge in [0.1, 0.15) is 0 Å². The Morgan fingerprint density at radius 3 is 3.06 bits per heavy atom. The van der Waals surface area contributed by atoms with E-state index in [-0.39, 0.29) is 0 Å². The second kappa shape index (κ2) is 6.41. The van der Waals surface area contributed by atoms with Crippen LogP contribution in [0.5, 0.6) is 0 Å². The summed E-state index contributed by atoms with van der Waals surface area (Å²) in [5.74, 6) is 0. The fourth-order valence-electron chi connectivity index (χ4n) is 2.38. The van der Waals surface area contributed by atoms with Gasteiger partial charge in [-0.1, -0.05) is 11.6 Å². The second-order valence-corrected chi connectivity index (χ2v) is 5.45. The first kappa shape index (κ1) is 13.7. The molecule has 18 heavy (non-hydrogen) atoms. The number of benzene rings is 1. The Kier molecular flexibility index (Phi) is 4.87. The molecule has 0 aromatic heterocycles. The molecule has 0 spiro atoms. The van der Waals surface area contributed by atoms with Crippen LogP contribution in [-0.2, 0) is 0 Å². The summed E-state index contributed by atoms with van der Waals surface area (Å²) in [6.07, 6.45) is 1.16. The summed E-state index contributed by atoms with van der Waals surface area (Å²) >= 11 is 5.95. The van der Waals surface area contributed by atoms with E-state index in [9.17, 15) is 0 Å². The molecule has 3 nitrogen and oxygen atoms in total. The summed E-state index contributed by atoms with van der Waals surface area (Å²) in [5.41, 5.74) is 2.39. The van der Waals surface area contributed by atoms with Gasteiger partial charge in [0.05, 0.1) is 0 Å². The SMILES string of the molecule is Cc1cc(Cl)ccc1NCCC1CNCCN1C. The van der Waals surface area contributed by atoms with Crippen LogP contribution in [0.2, 0.25) is 5.02 Å². The molecule has 1 saturated heterocycles. The molecule has 1 aliphatic heterocycles. The van der Waals surface area contributed by atoms with Crippen molar-refractivity contribution >= 4 is 17.3 Å². The molecule has 100 valence electrons. The third-order valence-corrected chi connectivity index (χ3v) is 3.86. The van der Waals surface area contributed by atoms with Crippen LogP contribution in [0.25, 0.3) is 0 Å². The summed E-state index contributed by atoms with van der Waals surface area (Å²) in [4.78, 5) is 2.44. The van der Waals surface area contributed by atoms with Crippen molar-refractivity contribution in [2.45, 2.75) is 19.4 Å². The van der Waals surface area contributed by atoms with Gasteiger partial charge in [0, 0.05) is 42.9 Å². The molecule has 4 heteroatoms. The van der Waals surface area contributed by atoms with Gasteiger partial charge in [-0.15, -0.1) is 0 Å². The zero-order valence-corrected chi connectivity index (χ0v) is 11.9. The highest BCUT2D eigenvalue weighted by Gasteiger charge is 2.17. The number of nitrogens with one attached hydrogen (secondary N) is 2. The molecule has 0 amide bonds. The van der Waals surface area contributed by atoms with E-state index in [0.29, 0.717) is 6.04 Å². The van der Waals surface area contributed by atoms with Crippen molar-refractivity contribution in [1.29, 1.82) is 0 Å². The van der Waals surface area contributed by atoms with Crippen molar-refractivity contribution < 1.29 is 0 Å². The molecular formula is C14H22ClN3. The van der Waals surface area contributed by atoms with Crippen LogP contribution in [0.15, 0.2) is 18.2 Å². The molecule has 2 N–H and O–H groups in total. The number of anilines is 1. The number of halogens is 1. The minimum absolute atomic E-state index is 0.638. The lowest BCUT2D eigenvalue weighted by atomic mass is 10.1. The smallest absolute Gasteiger partial charge is 0.0410 e. The van der Waals surface area contributed by atoms with Gasteiger partial charge in [-0.2, -0.15) is 0 Å². The highest BCUT2D eigenvalue weighted by molar-refractivity contribution is 6.30. The molecule has 2 rings (SSSR count). The van der Waals surface area contributed by atoms with Crippen LogP contribution in [-0.4, -0.2) is 44.2 Å². The van der Waals surface area contributed by atoms with Gasteiger partial charge in [0.2, 0.25) is 0 Å². The second-order valence-electron chi connectivity index (χ2n) is 5.01. The van der Waals surface area contributed by atoms with E-state index in [1.165, 1.54) is 11.3 Å². The number of likely N-dealkylation sites (N-methyl/N-ethyl adjacent to an activating group) is 1. The molecule has 1 aliphatic rings. The van der Waals surface area contributed by atoms with Gasteiger partial charge >= 0.3 is 0 Å². The fraction of sp³-hybridized carbons (Fsp3) is 0.571. The molecule has 0 radical (unpaired) electrons. The zero-order chi connectivity index (χ0) is 13.0. The number of rotatable bonds is 4. The minimum Gasteiger partial charge on any atom is -0.385 e. The van der Waals surface area contributed by atoms with Crippen LogP contribution in [0.3, 0.4) is 0 Å². The monoisotopic (exact) mass is 267 g/mol. The third kappa shape index (κ3) is 3.61. The van der Waals surface area contributed by atoms with E-state index in [0.717, 1.165) is 37.6 Å². The molecule has 1 unspecified atom stereocenters. The standard InChI is InChI=1S/C14H22ClN3/c1-11-9-12(15)3-4-14(11)17-6-5-13-10-16-7-8-18(13)2/h3-4,9,13,16-17H,5-8,10H2,1-2H3. The molecule has 1 atom stereocenters. The summed E-state index contributed by atoms with van der Waals surface area (Å²) in [7, 11) is 2.21. The largest absolute Gasteiger partial charge is 0.385 e. The summed E-state index contributed by atoms with van der Waals surface area (Å²) in [5, 5.41) is 7.74. The maximum absolute atomic E-state index is 5.95. The number of piperazine rings is 1. The summed E-state index contributed by atoms with van der Waals surface area (Å²) in [6, 6.07) is 6.63. The number of aryl methyl sites for hydroxylation is 1. The van der Waals surface area contributed by atoms with Crippen molar-refractivity contribution in [3.63, 3.8) is 0 Å². The Morgan fingerprint density at radius 1 is 1.50 bits per heavy atom. The van der Waals surface area contributed by atoms with Gasteiger partial charge in [-0.3, -0.25) is 0 Å². The van der Waals surface area contributed by atoms with Crippen molar-refractivity contribution in [3.05, 3.63) is 28.8 Å². The lowest BCUT2D eigenvalue weighted by Gasteiger charge is -2.33. The van der Waals surface area contributed by atoms with Gasteiger partial charge in [0.15, 0.2) is 0 Å². The van der Waals surface area contributed by atoms with Crippen molar-refractivity contribution in [1.82, 2.24) is 10.2 Å². The van der Waals surface area contributed by atoms with E-state index < -0.39 is 0 Å². The van der Waals surface area contributed by atoms with E-state index in [1.807, 2.05) is 12.1 Å². The van der Waals surface area contributed by atoms with Gasteiger partial charge < -0.3 is 15.5 Å². The van der Waals surface area contributed by atoms with Crippen molar-refractivity contribution in [2.75, 3.05) is 38.5 Å². The molecule has 0 saturated carbocycles. The fourth-order valence-corrected chi connectivity index (χ4v) is 2.61. The Hall–Kier alpha value is -0.770. The van der Waals surface area contributed by atoms with Crippen LogP contribution < -0.4 is 10.6 Å². The maximum atomic E-state index is 5.95. The lowest BCUT2D eigenvalue weighted by molar-refractivity contribution is 0.194. The van der Waals surface area contributed by atoms with Crippen LogP contribution in [0, 0.1) is 6.92 Å². The lowest BCUT2D eigenvalue weighted by Crippen LogP contribution is -2.49. The maximum Gasteiger partial charge on any atom is 0.0410 e. The van der Waals surface area contributed by atoms with Crippen LogP contribution in [0.4, 0.5) is 5.69 Å². The average molecular weight is 268 g/mol. The first-order chi connectivity index (χ1) is 8.66. The highest BCUT2D eigenvalue weighted by atomic mass is 35.5. The zero-order valence-electron chi connectivity index (χ0n) is 11.2. The Bertz CT molecular complexity index is 395. The first-order valence-electron chi connectivity index (χ1n) is 6.58. The van der Waals surface area contributed by atoms with Crippen molar-refractivity contribution in [2.24, 2.45) is 0 Å². The Balaban J connectivity index is 1.81. The van der Waals surface area contributed by atoms with E-state index in [1.54, 1.807) is 0 Å². The molecule has 0 aliphatic carbocycles. The number of hydrogen-bond donors (Lipinski definition) is 2. The van der Waals surface area contributed by atoms with E-state index in [2.05, 4.69) is 35.6 Å². The topological polar surface area (TPSA) is 27.3 Å².